The molecule has 0 aliphatic carbocycles. The van der Waals surface area contributed by atoms with Crippen molar-refractivity contribution in [2.45, 2.75) is 25.3 Å². The Balaban J connectivity index is 1.71. The Labute approximate surface area is 176 Å². The van der Waals surface area contributed by atoms with Crippen LogP contribution >= 0.6 is 0 Å². The summed E-state index contributed by atoms with van der Waals surface area (Å²) in [6, 6.07) is 12.9. The van der Waals surface area contributed by atoms with E-state index in [9.17, 15) is 14.4 Å². The van der Waals surface area contributed by atoms with Crippen molar-refractivity contribution in [2.24, 2.45) is 0 Å². The number of nitriles is 1. The first-order valence-corrected chi connectivity index (χ1v) is 10.0. The molecule has 3 heterocycles. The predicted molar refractivity (Wildman–Crippen MR) is 113 cm³/mol. The smallest absolute Gasteiger partial charge is 0.242 e. The van der Waals surface area contributed by atoms with Crippen molar-refractivity contribution in [3.63, 3.8) is 0 Å². The lowest BCUT2D eigenvalue weighted by Gasteiger charge is -2.16. The molecule has 2 aromatic carbocycles. The van der Waals surface area contributed by atoms with Crippen LogP contribution in [-0.2, 0) is 4.79 Å². The molecule has 5 rings (SSSR count). The lowest BCUT2D eigenvalue weighted by Crippen LogP contribution is -2.38. The molecular weight excluding hydrogens is 397 g/mol. The van der Waals surface area contributed by atoms with Gasteiger partial charge >= 0.3 is 0 Å². The van der Waals surface area contributed by atoms with E-state index in [0.717, 1.165) is 12.8 Å². The molecule has 0 saturated carbocycles. The third kappa shape index (κ3) is 3.42. The molecule has 8 nitrogen and oxygen atoms in total. The lowest BCUT2D eigenvalue weighted by molar-refractivity contribution is -0.121. The van der Waals surface area contributed by atoms with Gasteiger partial charge in [0.05, 0.1) is 11.1 Å². The van der Waals surface area contributed by atoms with Crippen molar-refractivity contribution < 1.29 is 9.18 Å². The highest BCUT2D eigenvalue weighted by Crippen LogP contribution is 2.27. The number of nitrogens with one attached hydrogen (secondary N) is 2. The molecule has 9 heteroatoms. The van der Waals surface area contributed by atoms with Crippen molar-refractivity contribution in [1.29, 1.82) is 5.26 Å². The molecular formula is C22H18FN7O. The zero-order valence-corrected chi connectivity index (χ0v) is 16.5. The molecule has 0 spiro atoms. The van der Waals surface area contributed by atoms with Crippen LogP contribution in [0.25, 0.3) is 27.9 Å². The van der Waals surface area contributed by atoms with Gasteiger partial charge in [0.25, 0.3) is 0 Å². The van der Waals surface area contributed by atoms with Crippen LogP contribution in [0.1, 0.15) is 24.8 Å². The van der Waals surface area contributed by atoms with Gasteiger partial charge in [-0.2, -0.15) is 9.78 Å². The number of hydrogen-bond donors (Lipinski definition) is 2. The van der Waals surface area contributed by atoms with E-state index in [4.69, 9.17) is 0 Å². The van der Waals surface area contributed by atoms with Gasteiger partial charge in [0, 0.05) is 17.5 Å². The van der Waals surface area contributed by atoms with Crippen molar-refractivity contribution in [3.8, 4) is 17.5 Å². The molecule has 1 atom stereocenters. The van der Waals surface area contributed by atoms with Crippen LogP contribution in [0.4, 0.5) is 10.3 Å². The second-order valence-electron chi connectivity index (χ2n) is 7.41. The molecule has 0 radical (unpaired) electrons. The number of halogens is 1. The van der Waals surface area contributed by atoms with Gasteiger partial charge in [-0.3, -0.25) is 4.79 Å². The average molecular weight is 415 g/mol. The summed E-state index contributed by atoms with van der Waals surface area (Å²) >= 11 is 0. The van der Waals surface area contributed by atoms with Crippen LogP contribution in [0.5, 0.6) is 0 Å². The number of carbonyl (C=O) groups excluding carboxylic acids is 1. The van der Waals surface area contributed by atoms with Gasteiger partial charge in [0.2, 0.25) is 11.9 Å². The number of anilines is 1. The first-order chi connectivity index (χ1) is 15.1. The number of rotatable bonds is 3. The molecule has 0 bridgehead atoms. The van der Waals surface area contributed by atoms with E-state index in [0.29, 0.717) is 52.4 Å². The third-order valence-electron chi connectivity index (χ3n) is 5.36. The number of hydrogen-bond acceptors (Lipinski definition) is 6. The Kier molecular flexibility index (Phi) is 4.67. The van der Waals surface area contributed by atoms with Gasteiger partial charge in [-0.05, 0) is 55.7 Å². The van der Waals surface area contributed by atoms with Crippen molar-refractivity contribution >= 4 is 28.4 Å². The topological polar surface area (TPSA) is 108 Å². The lowest BCUT2D eigenvalue weighted by atomic mass is 10.1. The largest absolute Gasteiger partial charge is 0.354 e. The van der Waals surface area contributed by atoms with Crippen LogP contribution in [0.3, 0.4) is 0 Å². The zero-order chi connectivity index (χ0) is 21.4. The monoisotopic (exact) mass is 415 g/mol. The standard InChI is InChI=1S/C22H18FN7O/c23-15-9-7-13(8-10-15)19-28-20-16-5-3-4-14(12-24)18(16)27-22(30(20)29-19)26-17-6-1-2-11-25-21(17)31/h3-5,7-10,17H,1-2,6,11H2,(H,25,31)(H,26,27)/t17-/m1/s1. The summed E-state index contributed by atoms with van der Waals surface area (Å²) in [6.45, 7) is 0.647. The van der Waals surface area contributed by atoms with Crippen LogP contribution in [0.2, 0.25) is 0 Å². The molecule has 154 valence electrons. The quantitative estimate of drug-likeness (QED) is 0.533. The maximum Gasteiger partial charge on any atom is 0.242 e. The van der Waals surface area contributed by atoms with Crippen LogP contribution in [0, 0.1) is 17.1 Å². The van der Waals surface area contributed by atoms with Gasteiger partial charge in [-0.1, -0.05) is 6.07 Å². The van der Waals surface area contributed by atoms with Gasteiger partial charge in [-0.25, -0.2) is 14.4 Å². The van der Waals surface area contributed by atoms with Gasteiger partial charge in [0.15, 0.2) is 11.5 Å². The van der Waals surface area contributed by atoms with E-state index in [-0.39, 0.29) is 11.7 Å². The highest BCUT2D eigenvalue weighted by atomic mass is 19.1. The number of carbonyl (C=O) groups is 1. The van der Waals surface area contributed by atoms with Gasteiger partial charge < -0.3 is 10.6 Å². The summed E-state index contributed by atoms with van der Waals surface area (Å²) in [4.78, 5) is 21.8. The highest BCUT2D eigenvalue weighted by Gasteiger charge is 2.24. The number of benzene rings is 2. The molecule has 4 aromatic rings. The Morgan fingerprint density at radius 1 is 1.16 bits per heavy atom. The second kappa shape index (κ2) is 7.65. The molecule has 1 saturated heterocycles. The molecule has 0 unspecified atom stereocenters. The van der Waals surface area contributed by atoms with Gasteiger partial charge in [-0.15, -0.1) is 5.10 Å². The normalized spacial score (nSPS) is 16.6. The summed E-state index contributed by atoms with van der Waals surface area (Å²) < 4.78 is 14.9. The molecule has 1 fully saturated rings. The first-order valence-electron chi connectivity index (χ1n) is 10.0. The number of amides is 1. The molecule has 1 aliphatic rings. The Morgan fingerprint density at radius 3 is 2.81 bits per heavy atom. The minimum absolute atomic E-state index is 0.0972. The minimum atomic E-state index is -0.469. The number of aromatic nitrogens is 4. The van der Waals surface area contributed by atoms with E-state index in [1.807, 2.05) is 6.07 Å². The molecule has 31 heavy (non-hydrogen) atoms. The second-order valence-corrected chi connectivity index (χ2v) is 7.41. The third-order valence-corrected chi connectivity index (χ3v) is 5.36. The Morgan fingerprint density at radius 2 is 2.00 bits per heavy atom. The summed E-state index contributed by atoms with van der Waals surface area (Å²) in [5, 5.41) is 20.9. The van der Waals surface area contributed by atoms with E-state index < -0.39 is 6.04 Å². The summed E-state index contributed by atoms with van der Waals surface area (Å²) in [6.07, 6.45) is 2.47. The number of nitrogens with zero attached hydrogens (tertiary/aromatic N) is 5. The van der Waals surface area contributed by atoms with Crippen LogP contribution in [0.15, 0.2) is 42.5 Å². The summed E-state index contributed by atoms with van der Waals surface area (Å²) in [5.41, 5.74) is 2.03. The number of fused-ring (bicyclic) bond motifs is 3. The van der Waals surface area contributed by atoms with Crippen LogP contribution in [-0.4, -0.2) is 38.1 Å². The summed E-state index contributed by atoms with van der Waals surface area (Å²) in [5.74, 6) is 0.276. The van der Waals surface area contributed by atoms with Crippen LogP contribution < -0.4 is 10.6 Å². The van der Waals surface area contributed by atoms with Crippen molar-refractivity contribution in [3.05, 3.63) is 53.8 Å². The fourth-order valence-corrected chi connectivity index (χ4v) is 3.77. The SMILES string of the molecule is N#Cc1cccc2c1nc(N[C@@H]1CCCCNC1=O)n1nc(-c3ccc(F)cc3)nc21. The maximum absolute atomic E-state index is 13.4. The zero-order valence-electron chi connectivity index (χ0n) is 16.5. The van der Waals surface area contributed by atoms with Crippen molar-refractivity contribution in [1.82, 2.24) is 24.9 Å². The minimum Gasteiger partial charge on any atom is -0.354 e. The maximum atomic E-state index is 13.4. The van der Waals surface area contributed by atoms with E-state index in [1.54, 1.807) is 28.8 Å². The Bertz CT molecular complexity index is 1340. The van der Waals surface area contributed by atoms with Crippen molar-refractivity contribution in [2.75, 3.05) is 11.9 Å². The van der Waals surface area contributed by atoms with E-state index in [2.05, 4.69) is 31.8 Å². The molecule has 1 aliphatic heterocycles. The first kappa shape index (κ1) is 18.9. The van der Waals surface area contributed by atoms with E-state index in [1.165, 1.54) is 12.1 Å². The average Bonchev–Trinajstić information content (AvgIpc) is 3.14. The Hall–Kier alpha value is -4.06. The fraction of sp³-hybridized carbons (Fsp3) is 0.227. The highest BCUT2D eigenvalue weighted by molar-refractivity contribution is 5.96. The molecule has 1 amide bonds. The molecule has 2 aromatic heterocycles. The number of para-hydroxylation sites is 1. The summed E-state index contributed by atoms with van der Waals surface area (Å²) in [7, 11) is 0. The van der Waals surface area contributed by atoms with E-state index >= 15 is 0 Å². The van der Waals surface area contributed by atoms with Gasteiger partial charge in [0.1, 0.15) is 17.9 Å². The molecule has 2 N–H and O–H groups in total. The predicted octanol–water partition coefficient (Wildman–Crippen LogP) is 3.04. The fourth-order valence-electron chi connectivity index (χ4n) is 3.77.